The highest BCUT2D eigenvalue weighted by molar-refractivity contribution is 9.10. The van der Waals surface area contributed by atoms with Gasteiger partial charge < -0.3 is 10.1 Å². The molecule has 1 aromatic carbocycles. The highest BCUT2D eigenvalue weighted by Gasteiger charge is 2.43. The van der Waals surface area contributed by atoms with Crippen LogP contribution in [0.15, 0.2) is 63.2 Å². The molecule has 1 unspecified atom stereocenters. The lowest BCUT2D eigenvalue weighted by molar-refractivity contribution is -0.428. The van der Waals surface area contributed by atoms with Crippen LogP contribution in [0, 0.1) is 10.1 Å². The molecule has 0 saturated heterocycles. The van der Waals surface area contributed by atoms with E-state index in [9.17, 15) is 14.9 Å². The number of nitrogens with zero attached hydrogens (tertiary/aromatic N) is 1. The molecule has 140 valence electrons. The van der Waals surface area contributed by atoms with E-state index in [2.05, 4.69) is 21.2 Å². The number of thiophene rings is 1. The van der Waals surface area contributed by atoms with Crippen molar-refractivity contribution in [3.05, 3.63) is 83.8 Å². The van der Waals surface area contributed by atoms with Gasteiger partial charge >= 0.3 is 5.97 Å². The fourth-order valence-electron chi connectivity index (χ4n) is 3.11. The molecule has 0 spiro atoms. The van der Waals surface area contributed by atoms with Crippen molar-refractivity contribution in [2.75, 3.05) is 6.61 Å². The van der Waals surface area contributed by atoms with Gasteiger partial charge in [0.05, 0.1) is 22.0 Å². The van der Waals surface area contributed by atoms with Crippen LogP contribution in [0.5, 0.6) is 0 Å². The Hall–Kier alpha value is -2.45. The van der Waals surface area contributed by atoms with Crippen molar-refractivity contribution in [1.29, 1.82) is 0 Å². The average molecular weight is 449 g/mol. The number of esters is 1. The Morgan fingerprint density at radius 1 is 1.33 bits per heavy atom. The molecule has 27 heavy (non-hydrogen) atoms. The maximum Gasteiger partial charge on any atom is 0.336 e. The van der Waals surface area contributed by atoms with Crippen molar-refractivity contribution >= 4 is 38.9 Å². The molecule has 2 aromatic rings. The smallest absolute Gasteiger partial charge is 0.336 e. The topological polar surface area (TPSA) is 81.5 Å². The van der Waals surface area contributed by atoms with Crippen LogP contribution in [-0.2, 0) is 9.53 Å². The number of hydrogen-bond acceptors (Lipinski definition) is 6. The molecule has 8 heteroatoms. The molecule has 0 fully saturated rings. The number of dihydropyridines is 1. The summed E-state index contributed by atoms with van der Waals surface area (Å²) in [5.74, 6) is -1.42. The van der Waals surface area contributed by atoms with Crippen LogP contribution in [0.25, 0.3) is 5.70 Å². The minimum atomic E-state index is -0.854. The average Bonchev–Trinajstić information content (AvgIpc) is 3.15. The second-order valence-corrected chi connectivity index (χ2v) is 7.64. The van der Waals surface area contributed by atoms with Crippen LogP contribution in [0.4, 0.5) is 0 Å². The third-order valence-corrected chi connectivity index (χ3v) is 5.82. The SMILES string of the molecule is CCOC(=O)C1=C(C)NC(c2cccs2)=C([N+](=O)[O-])C1c1ccccc1Br. The largest absolute Gasteiger partial charge is 0.463 e. The Balaban J connectivity index is 2.29. The van der Waals surface area contributed by atoms with E-state index in [0.29, 0.717) is 21.4 Å². The number of ether oxygens (including phenoxy) is 1. The minimum absolute atomic E-state index is 0.0713. The van der Waals surface area contributed by atoms with Crippen LogP contribution in [0.3, 0.4) is 0 Å². The molecule has 0 bridgehead atoms. The Kier molecular flexibility index (Phi) is 5.76. The van der Waals surface area contributed by atoms with Crippen LogP contribution in [0.2, 0.25) is 0 Å². The lowest BCUT2D eigenvalue weighted by Crippen LogP contribution is -2.31. The Labute approximate surface area is 168 Å². The van der Waals surface area contributed by atoms with E-state index in [1.165, 1.54) is 11.3 Å². The number of benzene rings is 1. The van der Waals surface area contributed by atoms with Gasteiger partial charge in [-0.1, -0.05) is 40.2 Å². The number of nitro groups is 1. The summed E-state index contributed by atoms with van der Waals surface area (Å²) in [6.07, 6.45) is 0. The van der Waals surface area contributed by atoms with Gasteiger partial charge in [-0.25, -0.2) is 4.79 Å². The molecule has 1 aromatic heterocycles. The van der Waals surface area contributed by atoms with Gasteiger partial charge in [0.15, 0.2) is 0 Å². The lowest BCUT2D eigenvalue weighted by Gasteiger charge is -2.27. The van der Waals surface area contributed by atoms with Gasteiger partial charge in [-0.3, -0.25) is 10.1 Å². The second-order valence-electron chi connectivity index (χ2n) is 5.83. The molecule has 0 radical (unpaired) electrons. The first kappa shape index (κ1) is 19.3. The van der Waals surface area contributed by atoms with Gasteiger partial charge in [0.2, 0.25) is 0 Å². The quantitative estimate of drug-likeness (QED) is 0.407. The fraction of sp³-hybridized carbons (Fsp3) is 0.211. The van der Waals surface area contributed by atoms with Crippen molar-refractivity contribution in [2.45, 2.75) is 19.8 Å². The summed E-state index contributed by atoms with van der Waals surface area (Å²) in [7, 11) is 0. The molecule has 1 atom stereocenters. The van der Waals surface area contributed by atoms with Gasteiger partial charge in [-0.15, -0.1) is 11.3 Å². The maximum atomic E-state index is 12.7. The first-order chi connectivity index (χ1) is 13.0. The van der Waals surface area contributed by atoms with Gasteiger partial charge in [0.25, 0.3) is 5.70 Å². The summed E-state index contributed by atoms with van der Waals surface area (Å²) >= 11 is 4.87. The normalized spacial score (nSPS) is 16.9. The van der Waals surface area contributed by atoms with E-state index in [0.717, 1.165) is 4.88 Å². The van der Waals surface area contributed by atoms with Crippen LogP contribution < -0.4 is 5.32 Å². The third kappa shape index (κ3) is 3.68. The first-order valence-corrected chi connectivity index (χ1v) is 9.94. The summed E-state index contributed by atoms with van der Waals surface area (Å²) < 4.78 is 5.89. The maximum absolute atomic E-state index is 12.7. The molecule has 1 aliphatic rings. The van der Waals surface area contributed by atoms with E-state index in [1.54, 1.807) is 32.0 Å². The molecule has 3 rings (SSSR count). The summed E-state index contributed by atoms with van der Waals surface area (Å²) in [4.78, 5) is 25.1. The molecule has 0 saturated carbocycles. The molecule has 1 aliphatic heterocycles. The van der Waals surface area contributed by atoms with Crippen molar-refractivity contribution in [1.82, 2.24) is 5.32 Å². The van der Waals surface area contributed by atoms with Crippen LogP contribution in [-0.4, -0.2) is 17.5 Å². The fourth-order valence-corrected chi connectivity index (χ4v) is 4.36. The Bertz CT molecular complexity index is 950. The Morgan fingerprint density at radius 2 is 2.07 bits per heavy atom. The zero-order chi connectivity index (χ0) is 19.6. The van der Waals surface area contributed by atoms with Gasteiger partial charge in [-0.2, -0.15) is 0 Å². The van der Waals surface area contributed by atoms with Gasteiger partial charge in [0.1, 0.15) is 11.6 Å². The monoisotopic (exact) mass is 448 g/mol. The standard InChI is InChI=1S/C19H17BrN2O4S/c1-3-26-19(23)15-11(2)21-17(14-9-6-10-27-14)18(22(24)25)16(15)12-7-4-5-8-13(12)20/h4-10,16,21H,3H2,1-2H3. The summed E-state index contributed by atoms with van der Waals surface area (Å²) in [5.41, 5.74) is 1.76. The van der Waals surface area contributed by atoms with E-state index in [4.69, 9.17) is 4.74 Å². The first-order valence-electron chi connectivity index (χ1n) is 8.27. The molecule has 6 nitrogen and oxygen atoms in total. The number of carbonyl (C=O) groups excluding carboxylic acids is 1. The molecule has 1 N–H and O–H groups in total. The highest BCUT2D eigenvalue weighted by Crippen LogP contribution is 2.44. The summed E-state index contributed by atoms with van der Waals surface area (Å²) in [6.45, 7) is 3.63. The molecular formula is C19H17BrN2O4S. The number of hydrogen-bond donors (Lipinski definition) is 1. The summed E-state index contributed by atoms with van der Waals surface area (Å²) in [6, 6.07) is 10.9. The van der Waals surface area contributed by atoms with Crippen molar-refractivity contribution < 1.29 is 14.5 Å². The van der Waals surface area contributed by atoms with E-state index < -0.39 is 16.8 Å². The zero-order valence-corrected chi connectivity index (χ0v) is 17.1. The van der Waals surface area contributed by atoms with Gasteiger partial charge in [0, 0.05) is 10.2 Å². The highest BCUT2D eigenvalue weighted by atomic mass is 79.9. The molecule has 2 heterocycles. The predicted octanol–water partition coefficient (Wildman–Crippen LogP) is 4.68. The van der Waals surface area contributed by atoms with E-state index in [1.807, 2.05) is 23.6 Å². The second kappa shape index (κ2) is 8.06. The zero-order valence-electron chi connectivity index (χ0n) is 14.7. The van der Waals surface area contributed by atoms with Crippen molar-refractivity contribution in [3.8, 4) is 0 Å². The predicted molar refractivity (Wildman–Crippen MR) is 108 cm³/mol. The third-order valence-electron chi connectivity index (χ3n) is 4.21. The van der Waals surface area contributed by atoms with Crippen molar-refractivity contribution in [3.63, 3.8) is 0 Å². The molecule has 0 amide bonds. The Morgan fingerprint density at radius 3 is 2.67 bits per heavy atom. The van der Waals surface area contributed by atoms with Crippen LogP contribution >= 0.6 is 27.3 Å². The van der Waals surface area contributed by atoms with Crippen molar-refractivity contribution in [2.24, 2.45) is 0 Å². The number of rotatable bonds is 5. The molecular weight excluding hydrogens is 432 g/mol. The van der Waals surface area contributed by atoms with E-state index >= 15 is 0 Å². The number of carbonyl (C=O) groups is 1. The lowest BCUT2D eigenvalue weighted by atomic mass is 9.83. The van der Waals surface area contributed by atoms with E-state index in [-0.39, 0.29) is 17.9 Å². The van der Waals surface area contributed by atoms with Crippen LogP contribution in [0.1, 0.15) is 30.2 Å². The number of halogens is 1. The number of nitrogens with one attached hydrogen (secondary N) is 1. The molecule has 0 aliphatic carbocycles. The number of allylic oxidation sites excluding steroid dienone is 2. The summed E-state index contributed by atoms with van der Waals surface area (Å²) in [5, 5.41) is 17.0. The minimum Gasteiger partial charge on any atom is -0.463 e. The van der Waals surface area contributed by atoms with Gasteiger partial charge in [-0.05, 0) is 36.9 Å².